The number of nitrogens with zero attached hydrogens (tertiary/aromatic N) is 1. The Balaban J connectivity index is 1.77. The van der Waals surface area contributed by atoms with Crippen molar-refractivity contribution in [2.45, 2.75) is 43.9 Å². The first kappa shape index (κ1) is 11.2. The van der Waals surface area contributed by atoms with Gasteiger partial charge in [0.1, 0.15) is 0 Å². The molecule has 1 aromatic rings. The number of hydrogen-bond acceptors (Lipinski definition) is 2. The van der Waals surface area contributed by atoms with Gasteiger partial charge in [0, 0.05) is 18.0 Å². The standard InChI is InChI=1S/C15H21NO/c1-16-12-7-8-14(16)13(15(17)10-12)9-11-5-3-2-4-6-11/h2-6,12-15,17H,7-10H2,1H3/t12-,13-,14+,15+/m1/s1. The van der Waals surface area contributed by atoms with Gasteiger partial charge in [-0.1, -0.05) is 30.3 Å². The van der Waals surface area contributed by atoms with Gasteiger partial charge < -0.3 is 5.11 Å². The summed E-state index contributed by atoms with van der Waals surface area (Å²) in [5.74, 6) is 0.418. The summed E-state index contributed by atoms with van der Waals surface area (Å²) in [5, 5.41) is 10.3. The quantitative estimate of drug-likeness (QED) is 0.842. The summed E-state index contributed by atoms with van der Waals surface area (Å²) in [7, 11) is 2.23. The summed E-state index contributed by atoms with van der Waals surface area (Å²) in [5.41, 5.74) is 1.36. The predicted octanol–water partition coefficient (Wildman–Crippen LogP) is 2.07. The normalized spacial score (nSPS) is 37.3. The first-order valence-electron chi connectivity index (χ1n) is 6.69. The minimum Gasteiger partial charge on any atom is -0.393 e. The number of rotatable bonds is 2. The molecular weight excluding hydrogens is 210 g/mol. The first-order valence-corrected chi connectivity index (χ1v) is 6.69. The lowest BCUT2D eigenvalue weighted by Gasteiger charge is -2.41. The first-order chi connectivity index (χ1) is 8.25. The average Bonchev–Trinajstić information content (AvgIpc) is 2.59. The van der Waals surface area contributed by atoms with E-state index in [2.05, 4.69) is 42.3 Å². The molecule has 1 N–H and O–H groups in total. The van der Waals surface area contributed by atoms with Crippen LogP contribution in [0.25, 0.3) is 0 Å². The highest BCUT2D eigenvalue weighted by atomic mass is 16.3. The van der Waals surface area contributed by atoms with E-state index in [0.717, 1.165) is 12.8 Å². The summed E-state index contributed by atoms with van der Waals surface area (Å²) in [6.45, 7) is 0. The third-order valence-electron chi connectivity index (χ3n) is 4.71. The van der Waals surface area contributed by atoms with Crippen molar-refractivity contribution in [2.75, 3.05) is 7.05 Å². The molecule has 0 unspecified atom stereocenters. The molecule has 2 saturated heterocycles. The highest BCUT2D eigenvalue weighted by Gasteiger charge is 2.44. The molecular formula is C15H21NO. The summed E-state index contributed by atoms with van der Waals surface area (Å²) in [4.78, 5) is 2.50. The zero-order chi connectivity index (χ0) is 11.8. The molecule has 4 atom stereocenters. The van der Waals surface area contributed by atoms with E-state index in [1.807, 2.05) is 0 Å². The molecule has 0 saturated carbocycles. The van der Waals surface area contributed by atoms with E-state index in [4.69, 9.17) is 0 Å². The van der Waals surface area contributed by atoms with Crippen LogP contribution in [-0.4, -0.2) is 35.2 Å². The molecule has 2 aliphatic rings. The Morgan fingerprint density at radius 2 is 2.00 bits per heavy atom. The SMILES string of the molecule is CN1[C@@H]2CC[C@H]1[C@@H](Cc1ccccc1)[C@@H](O)C2. The molecule has 17 heavy (non-hydrogen) atoms. The molecule has 2 heteroatoms. The van der Waals surface area contributed by atoms with E-state index in [1.54, 1.807) is 0 Å². The molecule has 0 aliphatic carbocycles. The number of benzene rings is 1. The summed E-state index contributed by atoms with van der Waals surface area (Å²) < 4.78 is 0. The van der Waals surface area contributed by atoms with E-state index in [9.17, 15) is 5.11 Å². The van der Waals surface area contributed by atoms with E-state index in [0.29, 0.717) is 18.0 Å². The van der Waals surface area contributed by atoms with Crippen molar-refractivity contribution >= 4 is 0 Å². The Morgan fingerprint density at radius 3 is 2.76 bits per heavy atom. The summed E-state index contributed by atoms with van der Waals surface area (Å²) in [6, 6.07) is 11.8. The van der Waals surface area contributed by atoms with Crippen molar-refractivity contribution < 1.29 is 5.11 Å². The van der Waals surface area contributed by atoms with E-state index < -0.39 is 0 Å². The lowest BCUT2D eigenvalue weighted by atomic mass is 9.83. The van der Waals surface area contributed by atoms with Crippen LogP contribution in [0.5, 0.6) is 0 Å². The molecule has 1 aromatic carbocycles. The second kappa shape index (κ2) is 4.43. The Bertz CT molecular complexity index is 378. The van der Waals surface area contributed by atoms with Gasteiger partial charge in [-0.2, -0.15) is 0 Å². The van der Waals surface area contributed by atoms with Crippen molar-refractivity contribution in [1.29, 1.82) is 0 Å². The van der Waals surface area contributed by atoms with Crippen LogP contribution in [0.15, 0.2) is 30.3 Å². The third kappa shape index (κ3) is 2.00. The molecule has 3 rings (SSSR count). The summed E-state index contributed by atoms with van der Waals surface area (Å²) >= 11 is 0. The Labute approximate surface area is 103 Å². The third-order valence-corrected chi connectivity index (χ3v) is 4.71. The fourth-order valence-corrected chi connectivity index (χ4v) is 3.71. The van der Waals surface area contributed by atoms with E-state index >= 15 is 0 Å². The van der Waals surface area contributed by atoms with Gasteiger partial charge in [-0.3, -0.25) is 4.90 Å². The van der Waals surface area contributed by atoms with Crippen LogP contribution in [0.3, 0.4) is 0 Å². The smallest absolute Gasteiger partial charge is 0.0601 e. The predicted molar refractivity (Wildman–Crippen MR) is 68.8 cm³/mol. The van der Waals surface area contributed by atoms with Gasteiger partial charge >= 0.3 is 0 Å². The highest BCUT2D eigenvalue weighted by Crippen LogP contribution is 2.39. The van der Waals surface area contributed by atoms with Crippen LogP contribution in [0.4, 0.5) is 0 Å². The van der Waals surface area contributed by atoms with Gasteiger partial charge in [-0.15, -0.1) is 0 Å². The number of fused-ring (bicyclic) bond motifs is 2. The maximum atomic E-state index is 10.3. The van der Waals surface area contributed by atoms with Gasteiger partial charge in [0.25, 0.3) is 0 Å². The minimum absolute atomic E-state index is 0.107. The topological polar surface area (TPSA) is 23.5 Å². The van der Waals surface area contributed by atoms with Crippen LogP contribution >= 0.6 is 0 Å². The Morgan fingerprint density at radius 1 is 1.24 bits per heavy atom. The maximum Gasteiger partial charge on any atom is 0.0601 e. The van der Waals surface area contributed by atoms with Crippen molar-refractivity contribution in [1.82, 2.24) is 4.90 Å². The Hall–Kier alpha value is -0.860. The zero-order valence-corrected chi connectivity index (χ0v) is 10.4. The molecule has 2 nitrogen and oxygen atoms in total. The molecule has 0 aromatic heterocycles. The maximum absolute atomic E-state index is 10.3. The molecule has 0 radical (unpaired) electrons. The van der Waals surface area contributed by atoms with Crippen LogP contribution in [0.2, 0.25) is 0 Å². The van der Waals surface area contributed by atoms with Gasteiger partial charge in [0.05, 0.1) is 6.10 Å². The second-order valence-corrected chi connectivity index (χ2v) is 5.62. The Kier molecular flexibility index (Phi) is 2.93. The zero-order valence-electron chi connectivity index (χ0n) is 10.4. The fraction of sp³-hybridized carbons (Fsp3) is 0.600. The highest BCUT2D eigenvalue weighted by molar-refractivity contribution is 5.17. The fourth-order valence-electron chi connectivity index (χ4n) is 3.71. The van der Waals surface area contributed by atoms with Gasteiger partial charge in [-0.05, 0) is 38.3 Å². The van der Waals surface area contributed by atoms with Crippen LogP contribution in [0.1, 0.15) is 24.8 Å². The van der Waals surface area contributed by atoms with Crippen molar-refractivity contribution in [2.24, 2.45) is 5.92 Å². The van der Waals surface area contributed by atoms with Gasteiger partial charge in [-0.25, -0.2) is 0 Å². The molecule has 0 amide bonds. The molecule has 2 fully saturated rings. The van der Waals surface area contributed by atoms with Crippen molar-refractivity contribution in [3.63, 3.8) is 0 Å². The average molecular weight is 231 g/mol. The lowest BCUT2D eigenvalue weighted by molar-refractivity contribution is -0.00647. The van der Waals surface area contributed by atoms with Gasteiger partial charge in [0.2, 0.25) is 0 Å². The number of aliphatic hydroxyl groups excluding tert-OH is 1. The van der Waals surface area contributed by atoms with Crippen molar-refractivity contribution in [3.8, 4) is 0 Å². The number of hydrogen-bond donors (Lipinski definition) is 1. The molecule has 92 valence electrons. The van der Waals surface area contributed by atoms with E-state index in [-0.39, 0.29) is 6.10 Å². The summed E-state index contributed by atoms with van der Waals surface area (Å²) in [6.07, 6.45) is 4.40. The second-order valence-electron chi connectivity index (χ2n) is 5.62. The van der Waals surface area contributed by atoms with Crippen LogP contribution < -0.4 is 0 Å². The minimum atomic E-state index is -0.107. The number of piperidine rings is 1. The molecule has 2 bridgehead atoms. The van der Waals surface area contributed by atoms with Gasteiger partial charge in [0.15, 0.2) is 0 Å². The molecule has 2 heterocycles. The van der Waals surface area contributed by atoms with E-state index in [1.165, 1.54) is 18.4 Å². The molecule has 0 spiro atoms. The lowest BCUT2D eigenvalue weighted by Crippen LogP contribution is -2.49. The van der Waals surface area contributed by atoms with Crippen LogP contribution in [-0.2, 0) is 6.42 Å². The van der Waals surface area contributed by atoms with Crippen molar-refractivity contribution in [3.05, 3.63) is 35.9 Å². The monoisotopic (exact) mass is 231 g/mol. The van der Waals surface area contributed by atoms with Crippen LogP contribution in [0, 0.1) is 5.92 Å². The number of aliphatic hydroxyl groups is 1. The molecule has 2 aliphatic heterocycles. The largest absolute Gasteiger partial charge is 0.393 e.